The molecule has 3 heterocycles. The van der Waals surface area contributed by atoms with E-state index < -0.39 is 14.9 Å². The summed E-state index contributed by atoms with van der Waals surface area (Å²) in [7, 11) is -3.89. The molecule has 3 N–H and O–H groups in total. The normalized spacial score (nSPS) is 19.1. The molecular formula is C18H24N6O5S. The summed E-state index contributed by atoms with van der Waals surface area (Å²) in [5, 5.41) is 18.2. The van der Waals surface area contributed by atoms with Crippen molar-refractivity contribution < 1.29 is 18.1 Å². The van der Waals surface area contributed by atoms with Gasteiger partial charge in [-0.05, 0) is 18.9 Å². The van der Waals surface area contributed by atoms with E-state index >= 15 is 0 Å². The number of hydrogen-bond donors (Lipinski definition) is 2. The minimum Gasteiger partial charge on any atom is -0.382 e. The highest BCUT2D eigenvalue weighted by Gasteiger charge is 2.33. The second-order valence-electron chi connectivity index (χ2n) is 7.44. The molecule has 2 fully saturated rings. The predicted octanol–water partition coefficient (Wildman–Crippen LogP) is 1.30. The molecule has 0 spiro atoms. The molecule has 1 aromatic carbocycles. The number of piperidine rings is 1. The van der Waals surface area contributed by atoms with Crippen molar-refractivity contribution in [3.63, 3.8) is 0 Å². The zero-order chi connectivity index (χ0) is 21.3. The first-order valence-corrected chi connectivity index (χ1v) is 11.2. The fourth-order valence-corrected chi connectivity index (χ4v) is 5.64. The Hall–Kier alpha value is -2.70. The second-order valence-corrected chi connectivity index (χ2v) is 9.34. The van der Waals surface area contributed by atoms with Crippen LogP contribution in [0.2, 0.25) is 0 Å². The van der Waals surface area contributed by atoms with Crippen molar-refractivity contribution in [1.82, 2.24) is 14.5 Å². The van der Waals surface area contributed by atoms with Gasteiger partial charge in [0.2, 0.25) is 10.0 Å². The lowest BCUT2D eigenvalue weighted by atomic mass is 9.93. The van der Waals surface area contributed by atoms with E-state index in [0.717, 1.165) is 18.5 Å². The summed E-state index contributed by atoms with van der Waals surface area (Å²) < 4.78 is 33.2. The highest BCUT2D eigenvalue weighted by Crippen LogP contribution is 2.36. The number of aromatic amines is 1. The summed E-state index contributed by atoms with van der Waals surface area (Å²) in [4.78, 5) is 12.7. The van der Waals surface area contributed by atoms with Crippen LogP contribution in [0.25, 0.3) is 0 Å². The molecule has 0 saturated carbocycles. The van der Waals surface area contributed by atoms with Crippen molar-refractivity contribution in [3.8, 4) is 0 Å². The molecule has 0 amide bonds. The van der Waals surface area contributed by atoms with Crippen LogP contribution in [0.1, 0.15) is 24.5 Å². The molecule has 12 heteroatoms. The minimum absolute atomic E-state index is 0.0252. The molecular weight excluding hydrogens is 412 g/mol. The van der Waals surface area contributed by atoms with Gasteiger partial charge in [0.15, 0.2) is 0 Å². The van der Waals surface area contributed by atoms with Gasteiger partial charge in [-0.15, -0.1) is 0 Å². The van der Waals surface area contributed by atoms with Gasteiger partial charge < -0.3 is 15.4 Å². The molecule has 11 nitrogen and oxygen atoms in total. The number of hydrogen-bond acceptors (Lipinski definition) is 8. The van der Waals surface area contributed by atoms with E-state index in [1.165, 1.54) is 16.4 Å². The first kappa shape index (κ1) is 20.6. The van der Waals surface area contributed by atoms with Crippen LogP contribution in [-0.2, 0) is 14.8 Å². The van der Waals surface area contributed by atoms with E-state index in [1.807, 2.05) is 11.0 Å². The Morgan fingerprint density at radius 3 is 2.47 bits per heavy atom. The third-order valence-corrected chi connectivity index (χ3v) is 7.56. The Morgan fingerprint density at radius 1 is 1.17 bits per heavy atom. The van der Waals surface area contributed by atoms with E-state index in [-0.39, 0.29) is 29.6 Å². The largest absolute Gasteiger partial charge is 0.382 e. The number of ether oxygens (including phenoxy) is 1. The van der Waals surface area contributed by atoms with E-state index in [9.17, 15) is 18.5 Å². The number of non-ortho nitro benzene ring substituents is 1. The van der Waals surface area contributed by atoms with Crippen molar-refractivity contribution in [3.05, 3.63) is 40.1 Å². The highest BCUT2D eigenvalue weighted by molar-refractivity contribution is 7.89. The van der Waals surface area contributed by atoms with Gasteiger partial charge >= 0.3 is 0 Å². The monoisotopic (exact) mass is 436 g/mol. The Bertz CT molecular complexity index is 1030. The van der Waals surface area contributed by atoms with Gasteiger partial charge in [0.05, 0.1) is 23.8 Å². The van der Waals surface area contributed by atoms with E-state index in [0.29, 0.717) is 37.8 Å². The smallest absolute Gasteiger partial charge is 0.270 e. The number of nitro benzene ring substituents is 1. The Balaban J connectivity index is 1.62. The van der Waals surface area contributed by atoms with Gasteiger partial charge in [-0.25, -0.2) is 8.42 Å². The van der Waals surface area contributed by atoms with E-state index in [1.54, 1.807) is 6.07 Å². The van der Waals surface area contributed by atoms with Crippen molar-refractivity contribution in [1.29, 1.82) is 0 Å². The molecule has 0 bridgehead atoms. The number of H-pyrrole nitrogens is 1. The number of nitrogens with one attached hydrogen (secondary N) is 1. The van der Waals surface area contributed by atoms with Crippen molar-refractivity contribution >= 4 is 27.2 Å². The van der Waals surface area contributed by atoms with Gasteiger partial charge in [-0.2, -0.15) is 9.40 Å². The SMILES string of the molecule is Nc1cc(C2CCN(c3ccc([N+](=O)[O-])cc3S(=O)(=O)N3CCOCC3)CC2)[nH]n1. The standard InChI is InChI=1S/C18H24N6O5S/c19-18-12-15(20-21-18)13-3-5-22(6-4-13)16-2-1-14(24(25)26)11-17(16)30(27,28)23-7-9-29-10-8-23/h1-2,11-13H,3-10H2,(H3,19,20,21). The molecule has 0 aliphatic carbocycles. The molecule has 0 atom stereocenters. The number of nitrogens with zero attached hydrogens (tertiary/aromatic N) is 4. The lowest BCUT2D eigenvalue weighted by molar-refractivity contribution is -0.385. The first-order valence-electron chi connectivity index (χ1n) is 9.78. The van der Waals surface area contributed by atoms with Crippen LogP contribution in [-0.4, -0.2) is 67.2 Å². The fourth-order valence-electron chi connectivity index (χ4n) is 4.00. The maximum Gasteiger partial charge on any atom is 0.270 e. The molecule has 2 saturated heterocycles. The average Bonchev–Trinajstić information content (AvgIpc) is 3.20. The third kappa shape index (κ3) is 3.98. The number of anilines is 2. The fraction of sp³-hybridized carbons (Fsp3) is 0.500. The topological polar surface area (TPSA) is 148 Å². The Morgan fingerprint density at radius 2 is 1.87 bits per heavy atom. The molecule has 2 aliphatic rings. The number of morpholine rings is 1. The highest BCUT2D eigenvalue weighted by atomic mass is 32.2. The molecule has 2 aliphatic heterocycles. The maximum atomic E-state index is 13.3. The number of benzene rings is 1. The molecule has 4 rings (SSSR count). The summed E-state index contributed by atoms with van der Waals surface area (Å²) in [5.41, 5.74) is 6.92. The van der Waals surface area contributed by atoms with Crippen LogP contribution in [0.4, 0.5) is 17.2 Å². The van der Waals surface area contributed by atoms with Gasteiger partial charge in [0.25, 0.3) is 5.69 Å². The Kier molecular flexibility index (Phi) is 5.62. The zero-order valence-electron chi connectivity index (χ0n) is 16.4. The van der Waals surface area contributed by atoms with Crippen LogP contribution in [0.5, 0.6) is 0 Å². The zero-order valence-corrected chi connectivity index (χ0v) is 17.2. The van der Waals surface area contributed by atoms with Gasteiger partial charge in [-0.1, -0.05) is 0 Å². The third-order valence-electron chi connectivity index (χ3n) is 5.64. The summed E-state index contributed by atoms with van der Waals surface area (Å²) in [5.74, 6) is 0.699. The van der Waals surface area contributed by atoms with Crippen molar-refractivity contribution in [2.45, 2.75) is 23.7 Å². The van der Waals surface area contributed by atoms with Crippen LogP contribution in [0.15, 0.2) is 29.2 Å². The minimum atomic E-state index is -3.89. The number of sulfonamides is 1. The predicted molar refractivity (Wildman–Crippen MR) is 110 cm³/mol. The maximum absolute atomic E-state index is 13.3. The molecule has 30 heavy (non-hydrogen) atoms. The van der Waals surface area contributed by atoms with Crippen molar-refractivity contribution in [2.24, 2.45) is 0 Å². The lowest BCUT2D eigenvalue weighted by Gasteiger charge is -2.35. The van der Waals surface area contributed by atoms with Crippen LogP contribution >= 0.6 is 0 Å². The summed E-state index contributed by atoms with van der Waals surface area (Å²) in [6.07, 6.45) is 1.57. The second kappa shape index (κ2) is 8.20. The summed E-state index contributed by atoms with van der Waals surface area (Å²) in [6.45, 7) is 2.31. The van der Waals surface area contributed by atoms with Gasteiger partial charge in [0, 0.05) is 56.0 Å². The molecule has 162 valence electrons. The number of rotatable bonds is 5. The number of nitro groups is 1. The Labute approximate surface area is 174 Å². The van der Waals surface area contributed by atoms with Gasteiger partial charge in [0.1, 0.15) is 10.7 Å². The van der Waals surface area contributed by atoms with E-state index in [2.05, 4.69) is 10.2 Å². The van der Waals surface area contributed by atoms with Crippen LogP contribution in [0, 0.1) is 10.1 Å². The average molecular weight is 436 g/mol. The van der Waals surface area contributed by atoms with Crippen molar-refractivity contribution in [2.75, 3.05) is 50.0 Å². The van der Waals surface area contributed by atoms with E-state index in [4.69, 9.17) is 10.5 Å². The first-order chi connectivity index (χ1) is 14.4. The molecule has 2 aromatic rings. The number of nitrogen functional groups attached to an aromatic ring is 1. The summed E-state index contributed by atoms with van der Waals surface area (Å²) >= 11 is 0. The van der Waals surface area contributed by atoms with Crippen LogP contribution in [0.3, 0.4) is 0 Å². The molecule has 0 unspecified atom stereocenters. The molecule has 1 aromatic heterocycles. The quantitative estimate of drug-likeness (QED) is 0.526. The van der Waals surface area contributed by atoms with Gasteiger partial charge in [-0.3, -0.25) is 15.2 Å². The summed E-state index contributed by atoms with van der Waals surface area (Å²) in [6, 6.07) is 5.89. The lowest BCUT2D eigenvalue weighted by Crippen LogP contribution is -2.41. The number of aromatic nitrogens is 2. The van der Waals surface area contributed by atoms with Crippen LogP contribution < -0.4 is 10.6 Å². The molecule has 0 radical (unpaired) electrons. The number of nitrogens with two attached hydrogens (primary N) is 1.